The van der Waals surface area contributed by atoms with Crippen molar-refractivity contribution in [1.29, 1.82) is 0 Å². The normalized spacial score (nSPS) is 11.5. The Hall–Kier alpha value is -1.31. The van der Waals surface area contributed by atoms with Crippen LogP contribution in [-0.4, -0.2) is 8.42 Å². The third kappa shape index (κ3) is 3.37. The number of hydrogen-bond donors (Lipinski definition) is 2. The predicted octanol–water partition coefficient (Wildman–Crippen LogP) is 2.61. The lowest BCUT2D eigenvalue weighted by Gasteiger charge is -2.09. The number of sulfonamides is 1. The van der Waals surface area contributed by atoms with Crippen molar-refractivity contribution >= 4 is 31.6 Å². The molecule has 7 heteroatoms. The van der Waals surface area contributed by atoms with Gasteiger partial charge in [0, 0.05) is 10.2 Å². The fourth-order valence-electron chi connectivity index (χ4n) is 1.59. The fraction of sp³-hybridized carbons (Fsp3) is 0.167. The minimum Gasteiger partial charge on any atom is -0.446 e. The van der Waals surface area contributed by atoms with Crippen LogP contribution in [-0.2, 0) is 16.6 Å². The summed E-state index contributed by atoms with van der Waals surface area (Å²) >= 11 is 3.44. The van der Waals surface area contributed by atoms with Gasteiger partial charge in [0.25, 0.3) is 10.0 Å². The molecule has 19 heavy (non-hydrogen) atoms. The molecule has 0 aliphatic heterocycles. The SMILES string of the molecule is Cc1c(Br)cccc1NCc1ccc(S(N)(=O)=O)o1. The first kappa shape index (κ1) is 14.1. The molecule has 102 valence electrons. The number of nitrogens with one attached hydrogen (secondary N) is 1. The average Bonchev–Trinajstić information content (AvgIpc) is 2.79. The van der Waals surface area contributed by atoms with Gasteiger partial charge >= 0.3 is 0 Å². The number of rotatable bonds is 4. The van der Waals surface area contributed by atoms with Crippen molar-refractivity contribution in [3.05, 3.63) is 46.1 Å². The van der Waals surface area contributed by atoms with Crippen LogP contribution in [0, 0.1) is 6.92 Å². The molecule has 0 bridgehead atoms. The number of benzene rings is 1. The van der Waals surface area contributed by atoms with Gasteiger partial charge in [0.05, 0.1) is 6.54 Å². The average molecular weight is 345 g/mol. The summed E-state index contributed by atoms with van der Waals surface area (Å²) in [6, 6.07) is 8.73. The maximum absolute atomic E-state index is 11.1. The van der Waals surface area contributed by atoms with Crippen molar-refractivity contribution in [2.75, 3.05) is 5.32 Å². The molecule has 2 rings (SSSR count). The molecular weight excluding hydrogens is 332 g/mol. The van der Waals surface area contributed by atoms with E-state index < -0.39 is 10.0 Å². The Balaban J connectivity index is 2.11. The Bertz CT molecular complexity index is 695. The van der Waals surface area contributed by atoms with Crippen molar-refractivity contribution in [2.24, 2.45) is 5.14 Å². The van der Waals surface area contributed by atoms with E-state index in [1.165, 1.54) is 6.07 Å². The molecule has 0 radical (unpaired) electrons. The lowest BCUT2D eigenvalue weighted by atomic mass is 10.2. The van der Waals surface area contributed by atoms with Gasteiger partial charge in [0.15, 0.2) is 0 Å². The van der Waals surface area contributed by atoms with Gasteiger partial charge in [-0.05, 0) is 36.8 Å². The molecule has 0 saturated carbocycles. The van der Waals surface area contributed by atoms with E-state index in [9.17, 15) is 8.42 Å². The number of hydrogen-bond acceptors (Lipinski definition) is 4. The van der Waals surface area contributed by atoms with E-state index in [1.54, 1.807) is 6.07 Å². The quantitative estimate of drug-likeness (QED) is 0.892. The van der Waals surface area contributed by atoms with Crippen LogP contribution in [0.3, 0.4) is 0 Å². The zero-order valence-electron chi connectivity index (χ0n) is 10.2. The highest BCUT2D eigenvalue weighted by atomic mass is 79.9. The van der Waals surface area contributed by atoms with Crippen molar-refractivity contribution in [3.8, 4) is 0 Å². The Morgan fingerprint density at radius 1 is 1.32 bits per heavy atom. The zero-order chi connectivity index (χ0) is 14.0. The molecule has 1 heterocycles. The van der Waals surface area contributed by atoms with Gasteiger partial charge in [-0.2, -0.15) is 0 Å². The van der Waals surface area contributed by atoms with Gasteiger partial charge in [0.2, 0.25) is 5.09 Å². The first-order valence-electron chi connectivity index (χ1n) is 5.48. The number of furan rings is 1. The molecular formula is C12H13BrN2O3S. The topological polar surface area (TPSA) is 85.3 Å². The molecule has 0 unspecified atom stereocenters. The highest BCUT2D eigenvalue weighted by molar-refractivity contribution is 9.10. The predicted molar refractivity (Wildman–Crippen MR) is 76.3 cm³/mol. The standard InChI is InChI=1S/C12H13BrN2O3S/c1-8-10(13)3-2-4-11(8)15-7-9-5-6-12(18-9)19(14,16)17/h2-6,15H,7H2,1H3,(H2,14,16,17). The molecule has 3 N–H and O–H groups in total. The van der Waals surface area contributed by atoms with Gasteiger partial charge in [0.1, 0.15) is 5.76 Å². The van der Waals surface area contributed by atoms with Crippen LogP contribution in [0.2, 0.25) is 0 Å². The van der Waals surface area contributed by atoms with Crippen LogP contribution >= 0.6 is 15.9 Å². The van der Waals surface area contributed by atoms with E-state index in [4.69, 9.17) is 9.56 Å². The van der Waals surface area contributed by atoms with Crippen molar-refractivity contribution in [1.82, 2.24) is 0 Å². The van der Waals surface area contributed by atoms with Gasteiger partial charge in [-0.25, -0.2) is 13.6 Å². The summed E-state index contributed by atoms with van der Waals surface area (Å²) in [6.07, 6.45) is 0. The number of anilines is 1. The van der Waals surface area contributed by atoms with Crippen LogP contribution in [0.1, 0.15) is 11.3 Å². The molecule has 0 aliphatic carbocycles. The summed E-state index contributed by atoms with van der Waals surface area (Å²) in [5, 5.41) is 7.92. The van der Waals surface area contributed by atoms with Gasteiger partial charge < -0.3 is 9.73 Å². The maximum Gasteiger partial charge on any atom is 0.271 e. The van der Waals surface area contributed by atoms with Gasteiger partial charge in [-0.15, -0.1) is 0 Å². The Labute approximate surface area is 120 Å². The van der Waals surface area contributed by atoms with E-state index in [0.29, 0.717) is 12.3 Å². The third-order valence-corrected chi connectivity index (χ3v) is 4.28. The molecule has 0 aliphatic rings. The lowest BCUT2D eigenvalue weighted by Crippen LogP contribution is -2.10. The van der Waals surface area contributed by atoms with E-state index in [2.05, 4.69) is 21.2 Å². The van der Waals surface area contributed by atoms with Gasteiger partial charge in [-0.3, -0.25) is 0 Å². The summed E-state index contributed by atoms with van der Waals surface area (Å²) in [5.74, 6) is 0.503. The van der Waals surface area contributed by atoms with Crippen molar-refractivity contribution in [2.45, 2.75) is 18.6 Å². The molecule has 2 aromatic rings. The van der Waals surface area contributed by atoms with Crippen LogP contribution in [0.4, 0.5) is 5.69 Å². The summed E-state index contributed by atoms with van der Waals surface area (Å²) in [4.78, 5) is 0. The second-order valence-corrected chi connectivity index (χ2v) is 6.38. The largest absolute Gasteiger partial charge is 0.446 e. The van der Waals surface area contributed by atoms with Crippen LogP contribution < -0.4 is 10.5 Å². The van der Waals surface area contributed by atoms with Crippen LogP contribution in [0.15, 0.2) is 44.3 Å². The van der Waals surface area contributed by atoms with Crippen LogP contribution in [0.5, 0.6) is 0 Å². The molecule has 0 saturated heterocycles. The smallest absolute Gasteiger partial charge is 0.271 e. The van der Waals surface area contributed by atoms with E-state index in [0.717, 1.165) is 15.7 Å². The molecule has 1 aromatic carbocycles. The maximum atomic E-state index is 11.1. The first-order valence-corrected chi connectivity index (χ1v) is 7.82. The lowest BCUT2D eigenvalue weighted by molar-refractivity contribution is 0.419. The molecule has 0 amide bonds. The summed E-state index contributed by atoms with van der Waals surface area (Å²) in [5.41, 5.74) is 2.02. The minimum absolute atomic E-state index is 0.227. The van der Waals surface area contributed by atoms with Crippen molar-refractivity contribution < 1.29 is 12.8 Å². The summed E-state index contributed by atoms with van der Waals surface area (Å²) in [6.45, 7) is 2.36. The molecule has 0 spiro atoms. The Kier molecular flexibility index (Phi) is 3.98. The second-order valence-electron chi connectivity index (χ2n) is 4.03. The summed E-state index contributed by atoms with van der Waals surface area (Å²) < 4.78 is 28.3. The number of nitrogens with two attached hydrogens (primary N) is 1. The van der Waals surface area contributed by atoms with E-state index in [1.807, 2.05) is 25.1 Å². The van der Waals surface area contributed by atoms with E-state index in [-0.39, 0.29) is 5.09 Å². The minimum atomic E-state index is -3.78. The Morgan fingerprint density at radius 2 is 2.05 bits per heavy atom. The fourth-order valence-corrected chi connectivity index (χ4v) is 2.43. The molecule has 5 nitrogen and oxygen atoms in total. The Morgan fingerprint density at radius 3 is 2.68 bits per heavy atom. The molecule has 0 fully saturated rings. The summed E-state index contributed by atoms with van der Waals surface area (Å²) in [7, 11) is -3.78. The zero-order valence-corrected chi connectivity index (χ0v) is 12.6. The number of primary sulfonamides is 1. The van der Waals surface area contributed by atoms with Crippen molar-refractivity contribution in [3.63, 3.8) is 0 Å². The molecule has 1 aromatic heterocycles. The first-order chi connectivity index (χ1) is 8.88. The highest BCUT2D eigenvalue weighted by Crippen LogP contribution is 2.24. The number of halogens is 1. The second kappa shape index (κ2) is 5.36. The third-order valence-electron chi connectivity index (χ3n) is 2.64. The monoisotopic (exact) mass is 344 g/mol. The van der Waals surface area contributed by atoms with Crippen LogP contribution in [0.25, 0.3) is 0 Å². The molecule has 0 atom stereocenters. The van der Waals surface area contributed by atoms with E-state index >= 15 is 0 Å². The van der Waals surface area contributed by atoms with Gasteiger partial charge in [-0.1, -0.05) is 22.0 Å². The highest BCUT2D eigenvalue weighted by Gasteiger charge is 2.13.